The van der Waals surface area contributed by atoms with E-state index in [0.717, 1.165) is 12.5 Å². The molecule has 0 aromatic heterocycles. The first-order valence-electron chi connectivity index (χ1n) is 7.51. The van der Waals surface area contributed by atoms with Crippen molar-refractivity contribution in [1.29, 1.82) is 0 Å². The molecule has 1 aromatic rings. The van der Waals surface area contributed by atoms with Gasteiger partial charge in [0.1, 0.15) is 0 Å². The number of nitrogens with one attached hydrogen (secondary N) is 1. The normalized spacial score (nSPS) is 27.8. The zero-order chi connectivity index (χ0) is 12.6. The Morgan fingerprint density at radius 1 is 1.06 bits per heavy atom. The van der Waals surface area contributed by atoms with E-state index < -0.39 is 0 Å². The maximum Gasteiger partial charge on any atom is 0.0351 e. The van der Waals surface area contributed by atoms with Crippen LogP contribution >= 0.6 is 0 Å². The second-order valence-electron chi connectivity index (χ2n) is 6.73. The third-order valence-corrected chi connectivity index (χ3v) is 4.91. The highest BCUT2D eigenvalue weighted by Crippen LogP contribution is 2.41. The molecule has 1 atom stereocenters. The van der Waals surface area contributed by atoms with E-state index in [2.05, 4.69) is 43.4 Å². The quantitative estimate of drug-likeness (QED) is 0.780. The first kappa shape index (κ1) is 12.2. The van der Waals surface area contributed by atoms with Crippen LogP contribution in [0.4, 0.5) is 0 Å². The molecule has 0 spiro atoms. The first-order valence-corrected chi connectivity index (χ1v) is 7.51. The maximum absolute atomic E-state index is 3.84. The van der Waals surface area contributed by atoms with Crippen molar-refractivity contribution in [3.05, 3.63) is 35.4 Å². The van der Waals surface area contributed by atoms with Gasteiger partial charge in [-0.2, -0.15) is 0 Å². The standard InChI is InChI=1S/C17H25N/c1-17(2)12-18-16(13-8-4-3-5-9-13)14-10-6-7-11-15(14)17/h6-7,10-11,13,16,18H,3-5,8-9,12H2,1-2H3. The van der Waals surface area contributed by atoms with Crippen molar-refractivity contribution in [2.45, 2.75) is 57.4 Å². The molecular formula is C17H25N. The molecule has 1 heteroatoms. The van der Waals surface area contributed by atoms with Crippen LogP contribution in [0.3, 0.4) is 0 Å². The van der Waals surface area contributed by atoms with Gasteiger partial charge >= 0.3 is 0 Å². The monoisotopic (exact) mass is 243 g/mol. The van der Waals surface area contributed by atoms with Gasteiger partial charge in [-0.3, -0.25) is 0 Å². The summed E-state index contributed by atoms with van der Waals surface area (Å²) in [5, 5.41) is 3.84. The lowest BCUT2D eigenvalue weighted by Gasteiger charge is -2.42. The predicted octanol–water partition coefficient (Wildman–Crippen LogP) is 4.19. The smallest absolute Gasteiger partial charge is 0.0351 e. The van der Waals surface area contributed by atoms with E-state index in [1.165, 1.54) is 32.1 Å². The Labute approximate surface area is 111 Å². The Kier molecular flexibility index (Phi) is 3.19. The van der Waals surface area contributed by atoms with Crippen LogP contribution in [0.1, 0.15) is 63.1 Å². The SMILES string of the molecule is CC1(C)CNC(C2CCCCC2)c2ccccc21. The Balaban J connectivity index is 1.93. The molecule has 1 aliphatic carbocycles. The number of hydrogen-bond donors (Lipinski definition) is 1. The van der Waals surface area contributed by atoms with Gasteiger partial charge in [0.2, 0.25) is 0 Å². The highest BCUT2D eigenvalue weighted by molar-refractivity contribution is 5.38. The molecule has 1 saturated carbocycles. The Morgan fingerprint density at radius 2 is 1.78 bits per heavy atom. The van der Waals surface area contributed by atoms with Gasteiger partial charge in [-0.15, -0.1) is 0 Å². The fourth-order valence-electron chi connectivity index (χ4n) is 3.84. The molecule has 1 unspecified atom stereocenters. The summed E-state index contributed by atoms with van der Waals surface area (Å²) in [6.45, 7) is 5.83. The van der Waals surface area contributed by atoms with Crippen molar-refractivity contribution >= 4 is 0 Å². The van der Waals surface area contributed by atoms with E-state index in [1.54, 1.807) is 11.1 Å². The lowest BCUT2D eigenvalue weighted by molar-refractivity contribution is 0.242. The van der Waals surface area contributed by atoms with E-state index in [4.69, 9.17) is 0 Å². The summed E-state index contributed by atoms with van der Waals surface area (Å²) < 4.78 is 0. The average molecular weight is 243 g/mol. The predicted molar refractivity (Wildman–Crippen MR) is 76.8 cm³/mol. The van der Waals surface area contributed by atoms with Gasteiger partial charge in [-0.25, -0.2) is 0 Å². The Hall–Kier alpha value is -0.820. The third kappa shape index (κ3) is 2.09. The Bertz CT molecular complexity index is 415. The van der Waals surface area contributed by atoms with Crippen LogP contribution in [-0.4, -0.2) is 6.54 Å². The minimum Gasteiger partial charge on any atom is -0.309 e. The molecular weight excluding hydrogens is 218 g/mol. The Morgan fingerprint density at radius 3 is 2.56 bits per heavy atom. The second kappa shape index (κ2) is 4.70. The minimum atomic E-state index is 0.280. The van der Waals surface area contributed by atoms with Gasteiger partial charge in [-0.05, 0) is 29.9 Å². The molecule has 0 amide bonds. The summed E-state index contributed by atoms with van der Waals surface area (Å²) in [6, 6.07) is 9.70. The van der Waals surface area contributed by atoms with Gasteiger partial charge in [0, 0.05) is 18.0 Å². The third-order valence-electron chi connectivity index (χ3n) is 4.91. The summed E-state index contributed by atoms with van der Waals surface area (Å²) in [5.74, 6) is 0.857. The fraction of sp³-hybridized carbons (Fsp3) is 0.647. The van der Waals surface area contributed by atoms with Crippen LogP contribution in [0.5, 0.6) is 0 Å². The molecule has 98 valence electrons. The van der Waals surface area contributed by atoms with Crippen molar-refractivity contribution in [2.24, 2.45) is 5.92 Å². The summed E-state index contributed by atoms with van der Waals surface area (Å²) in [4.78, 5) is 0. The number of benzene rings is 1. The van der Waals surface area contributed by atoms with Gasteiger partial charge in [0.15, 0.2) is 0 Å². The lowest BCUT2D eigenvalue weighted by Crippen LogP contribution is -2.44. The molecule has 1 N–H and O–H groups in total. The summed E-state index contributed by atoms with van der Waals surface area (Å²) >= 11 is 0. The van der Waals surface area contributed by atoms with E-state index in [1.807, 2.05) is 0 Å². The maximum atomic E-state index is 3.84. The lowest BCUT2D eigenvalue weighted by atomic mass is 9.72. The van der Waals surface area contributed by atoms with Crippen molar-refractivity contribution in [3.8, 4) is 0 Å². The minimum absolute atomic E-state index is 0.280. The van der Waals surface area contributed by atoms with Gasteiger partial charge in [-0.1, -0.05) is 57.4 Å². The highest BCUT2D eigenvalue weighted by atomic mass is 14.9. The van der Waals surface area contributed by atoms with Crippen molar-refractivity contribution in [2.75, 3.05) is 6.54 Å². The summed E-state index contributed by atoms with van der Waals surface area (Å²) in [6.07, 6.45) is 7.11. The van der Waals surface area contributed by atoms with Crippen molar-refractivity contribution in [1.82, 2.24) is 5.32 Å². The van der Waals surface area contributed by atoms with E-state index >= 15 is 0 Å². The van der Waals surface area contributed by atoms with Gasteiger partial charge < -0.3 is 5.32 Å². The zero-order valence-corrected chi connectivity index (χ0v) is 11.7. The number of rotatable bonds is 1. The molecule has 0 saturated heterocycles. The molecule has 1 fully saturated rings. The highest BCUT2D eigenvalue weighted by Gasteiger charge is 2.35. The average Bonchev–Trinajstić information content (AvgIpc) is 2.40. The summed E-state index contributed by atoms with van der Waals surface area (Å²) in [5.41, 5.74) is 3.42. The van der Waals surface area contributed by atoms with E-state index in [-0.39, 0.29) is 5.41 Å². The first-order chi connectivity index (χ1) is 8.68. The van der Waals surface area contributed by atoms with Gasteiger partial charge in [0.05, 0.1) is 0 Å². The molecule has 2 aliphatic rings. The fourth-order valence-corrected chi connectivity index (χ4v) is 3.84. The van der Waals surface area contributed by atoms with Crippen LogP contribution in [0.25, 0.3) is 0 Å². The van der Waals surface area contributed by atoms with Crippen molar-refractivity contribution in [3.63, 3.8) is 0 Å². The van der Waals surface area contributed by atoms with Crippen LogP contribution in [0, 0.1) is 5.92 Å². The topological polar surface area (TPSA) is 12.0 Å². The van der Waals surface area contributed by atoms with Crippen LogP contribution < -0.4 is 5.32 Å². The molecule has 0 radical (unpaired) electrons. The van der Waals surface area contributed by atoms with Crippen LogP contribution in [0.2, 0.25) is 0 Å². The number of hydrogen-bond acceptors (Lipinski definition) is 1. The second-order valence-corrected chi connectivity index (χ2v) is 6.73. The largest absolute Gasteiger partial charge is 0.309 e. The summed E-state index contributed by atoms with van der Waals surface area (Å²) in [7, 11) is 0. The zero-order valence-electron chi connectivity index (χ0n) is 11.7. The molecule has 3 rings (SSSR count). The van der Waals surface area contributed by atoms with Crippen molar-refractivity contribution < 1.29 is 0 Å². The molecule has 0 bridgehead atoms. The molecule has 18 heavy (non-hydrogen) atoms. The van der Waals surface area contributed by atoms with Gasteiger partial charge in [0.25, 0.3) is 0 Å². The van der Waals surface area contributed by atoms with E-state index in [9.17, 15) is 0 Å². The molecule has 1 heterocycles. The van der Waals surface area contributed by atoms with Crippen LogP contribution in [-0.2, 0) is 5.41 Å². The molecule has 1 nitrogen and oxygen atoms in total. The number of fused-ring (bicyclic) bond motifs is 1. The van der Waals surface area contributed by atoms with Crippen LogP contribution in [0.15, 0.2) is 24.3 Å². The van der Waals surface area contributed by atoms with E-state index in [0.29, 0.717) is 6.04 Å². The molecule has 1 aromatic carbocycles. The molecule has 1 aliphatic heterocycles.